The number of anilines is 1. The van der Waals surface area contributed by atoms with Crippen molar-refractivity contribution in [1.29, 1.82) is 0 Å². The maximum absolute atomic E-state index is 12.5. The highest BCUT2D eigenvalue weighted by molar-refractivity contribution is 7.12. The van der Waals surface area contributed by atoms with Crippen LogP contribution in [-0.2, 0) is 9.59 Å². The summed E-state index contributed by atoms with van der Waals surface area (Å²) in [6.07, 6.45) is 1.82. The average molecular weight is 385 g/mol. The number of thiophene rings is 1. The van der Waals surface area contributed by atoms with E-state index < -0.39 is 0 Å². The Bertz CT molecular complexity index is 777. The van der Waals surface area contributed by atoms with Gasteiger partial charge in [0, 0.05) is 31.7 Å². The molecular weight excluding hydrogens is 362 g/mol. The molecule has 1 aliphatic rings. The lowest BCUT2D eigenvalue weighted by Gasteiger charge is -2.32. The molecule has 2 aromatic rings. The number of rotatable bonds is 6. The second kappa shape index (κ2) is 9.32. The molecule has 1 unspecified atom stereocenters. The van der Waals surface area contributed by atoms with E-state index >= 15 is 0 Å². The Labute approximate surface area is 162 Å². The topological polar surface area (TPSA) is 78.5 Å². The maximum atomic E-state index is 12.5. The van der Waals surface area contributed by atoms with Crippen molar-refractivity contribution in [2.75, 3.05) is 25.0 Å². The Morgan fingerprint density at radius 3 is 2.67 bits per heavy atom. The van der Waals surface area contributed by atoms with Crippen LogP contribution in [0.1, 0.15) is 28.9 Å². The summed E-state index contributed by atoms with van der Waals surface area (Å²) < 4.78 is 0. The summed E-state index contributed by atoms with van der Waals surface area (Å²) in [7, 11) is 0. The molecule has 0 bridgehead atoms. The number of benzene rings is 1. The van der Waals surface area contributed by atoms with E-state index in [2.05, 4.69) is 10.6 Å². The number of para-hydroxylation sites is 1. The van der Waals surface area contributed by atoms with Gasteiger partial charge in [0.15, 0.2) is 0 Å². The first-order valence-electron chi connectivity index (χ1n) is 9.09. The Kier molecular flexibility index (Phi) is 6.59. The molecule has 0 aliphatic carbocycles. The van der Waals surface area contributed by atoms with E-state index in [-0.39, 0.29) is 30.1 Å². The molecule has 1 aliphatic heterocycles. The molecule has 6 nitrogen and oxygen atoms in total. The smallest absolute Gasteiger partial charge is 0.261 e. The molecule has 2 heterocycles. The van der Waals surface area contributed by atoms with Crippen LogP contribution >= 0.6 is 11.3 Å². The highest BCUT2D eigenvalue weighted by Gasteiger charge is 2.28. The van der Waals surface area contributed by atoms with E-state index in [1.807, 2.05) is 41.8 Å². The van der Waals surface area contributed by atoms with Gasteiger partial charge in [-0.25, -0.2) is 0 Å². The van der Waals surface area contributed by atoms with E-state index in [0.29, 0.717) is 24.5 Å². The number of hydrogen-bond donors (Lipinski definition) is 2. The normalized spacial score (nSPS) is 16.6. The molecule has 142 valence electrons. The number of nitrogens with one attached hydrogen (secondary N) is 2. The molecule has 27 heavy (non-hydrogen) atoms. The average Bonchev–Trinajstić information content (AvgIpc) is 3.23. The van der Waals surface area contributed by atoms with E-state index in [1.165, 1.54) is 11.3 Å². The Morgan fingerprint density at radius 2 is 1.93 bits per heavy atom. The zero-order chi connectivity index (χ0) is 19.1. The van der Waals surface area contributed by atoms with Crippen molar-refractivity contribution < 1.29 is 14.4 Å². The SMILES string of the molecule is O=C(NCCC(=O)N1CCCC(C(=O)Nc2ccccc2)C1)c1cccs1. The number of piperidine rings is 1. The van der Waals surface area contributed by atoms with Crippen LogP contribution in [0.5, 0.6) is 0 Å². The molecule has 1 fully saturated rings. The van der Waals surface area contributed by atoms with Gasteiger partial charge in [0.25, 0.3) is 5.91 Å². The Balaban J connectivity index is 1.45. The van der Waals surface area contributed by atoms with E-state index in [1.54, 1.807) is 11.0 Å². The van der Waals surface area contributed by atoms with Gasteiger partial charge in [-0.1, -0.05) is 24.3 Å². The molecule has 7 heteroatoms. The Morgan fingerprint density at radius 1 is 1.11 bits per heavy atom. The number of hydrogen-bond acceptors (Lipinski definition) is 4. The van der Waals surface area contributed by atoms with Crippen molar-refractivity contribution in [3.05, 3.63) is 52.7 Å². The minimum Gasteiger partial charge on any atom is -0.351 e. The first kappa shape index (κ1) is 19.1. The molecule has 3 amide bonds. The lowest BCUT2D eigenvalue weighted by atomic mass is 9.96. The van der Waals surface area contributed by atoms with Gasteiger partial charge in [-0.3, -0.25) is 14.4 Å². The van der Waals surface area contributed by atoms with Crippen LogP contribution in [0, 0.1) is 5.92 Å². The third-order valence-electron chi connectivity index (χ3n) is 4.56. The predicted octanol–water partition coefficient (Wildman–Crippen LogP) is 2.75. The molecule has 3 rings (SSSR count). The number of carbonyl (C=O) groups excluding carboxylic acids is 3. The largest absolute Gasteiger partial charge is 0.351 e. The predicted molar refractivity (Wildman–Crippen MR) is 106 cm³/mol. The summed E-state index contributed by atoms with van der Waals surface area (Å²) in [5, 5.41) is 7.52. The number of nitrogens with zero attached hydrogens (tertiary/aromatic N) is 1. The van der Waals surface area contributed by atoms with Gasteiger partial charge in [-0.05, 0) is 36.4 Å². The molecule has 2 N–H and O–H groups in total. The van der Waals surface area contributed by atoms with Gasteiger partial charge < -0.3 is 15.5 Å². The summed E-state index contributed by atoms with van der Waals surface area (Å²) in [5.74, 6) is -0.441. The van der Waals surface area contributed by atoms with Crippen molar-refractivity contribution in [2.45, 2.75) is 19.3 Å². The van der Waals surface area contributed by atoms with Crippen molar-refractivity contribution in [2.24, 2.45) is 5.92 Å². The third-order valence-corrected chi connectivity index (χ3v) is 5.42. The van der Waals surface area contributed by atoms with Gasteiger partial charge in [-0.15, -0.1) is 11.3 Å². The van der Waals surface area contributed by atoms with Gasteiger partial charge in [-0.2, -0.15) is 0 Å². The van der Waals surface area contributed by atoms with Gasteiger partial charge >= 0.3 is 0 Å². The fourth-order valence-electron chi connectivity index (χ4n) is 3.12. The lowest BCUT2D eigenvalue weighted by molar-refractivity contribution is -0.134. The fourth-order valence-corrected chi connectivity index (χ4v) is 3.76. The van der Waals surface area contributed by atoms with Crippen LogP contribution in [0.2, 0.25) is 0 Å². The van der Waals surface area contributed by atoms with Gasteiger partial charge in [0.1, 0.15) is 0 Å². The van der Waals surface area contributed by atoms with Crippen molar-refractivity contribution in [3.63, 3.8) is 0 Å². The molecule has 1 saturated heterocycles. The zero-order valence-electron chi connectivity index (χ0n) is 15.0. The van der Waals surface area contributed by atoms with E-state index in [9.17, 15) is 14.4 Å². The van der Waals surface area contributed by atoms with Crippen LogP contribution in [0.3, 0.4) is 0 Å². The zero-order valence-corrected chi connectivity index (χ0v) is 15.8. The first-order valence-corrected chi connectivity index (χ1v) is 9.97. The van der Waals surface area contributed by atoms with Gasteiger partial charge in [0.05, 0.1) is 10.8 Å². The Hall–Kier alpha value is -2.67. The summed E-state index contributed by atoms with van der Waals surface area (Å²) in [4.78, 5) is 39.2. The first-order chi connectivity index (χ1) is 13.1. The van der Waals surface area contributed by atoms with Crippen molar-refractivity contribution >= 4 is 34.7 Å². The van der Waals surface area contributed by atoms with Crippen LogP contribution in [-0.4, -0.2) is 42.3 Å². The summed E-state index contributed by atoms with van der Waals surface area (Å²) in [5.41, 5.74) is 0.766. The van der Waals surface area contributed by atoms with Crippen LogP contribution in [0.15, 0.2) is 47.8 Å². The number of likely N-dealkylation sites (tertiary alicyclic amines) is 1. The quantitative estimate of drug-likeness (QED) is 0.803. The molecule has 1 aromatic heterocycles. The molecule has 0 radical (unpaired) electrons. The molecular formula is C20H23N3O3S. The summed E-state index contributed by atoms with van der Waals surface area (Å²) in [6.45, 7) is 1.39. The monoisotopic (exact) mass is 385 g/mol. The molecule has 1 atom stereocenters. The summed E-state index contributed by atoms with van der Waals surface area (Å²) >= 11 is 1.37. The van der Waals surface area contributed by atoms with E-state index in [4.69, 9.17) is 0 Å². The molecule has 1 aromatic carbocycles. The summed E-state index contributed by atoms with van der Waals surface area (Å²) in [6, 6.07) is 12.9. The fraction of sp³-hybridized carbons (Fsp3) is 0.350. The standard InChI is InChI=1S/C20H23N3O3S/c24-18(10-11-21-20(26)17-9-5-13-27-17)23-12-4-6-15(14-23)19(25)22-16-7-2-1-3-8-16/h1-3,5,7-9,13,15H,4,6,10-12,14H2,(H,21,26)(H,22,25). The molecule has 0 spiro atoms. The van der Waals surface area contributed by atoms with Crippen LogP contribution in [0.4, 0.5) is 5.69 Å². The van der Waals surface area contributed by atoms with Crippen LogP contribution < -0.4 is 10.6 Å². The minimum atomic E-state index is -0.205. The highest BCUT2D eigenvalue weighted by Crippen LogP contribution is 2.19. The second-order valence-corrected chi connectivity index (χ2v) is 7.47. The van der Waals surface area contributed by atoms with Gasteiger partial charge in [0.2, 0.25) is 11.8 Å². The lowest BCUT2D eigenvalue weighted by Crippen LogP contribution is -2.44. The van der Waals surface area contributed by atoms with Crippen molar-refractivity contribution in [1.82, 2.24) is 10.2 Å². The highest BCUT2D eigenvalue weighted by atomic mass is 32.1. The number of amides is 3. The van der Waals surface area contributed by atoms with Crippen LogP contribution in [0.25, 0.3) is 0 Å². The maximum Gasteiger partial charge on any atom is 0.261 e. The minimum absolute atomic E-state index is 0.0290. The number of carbonyl (C=O) groups is 3. The van der Waals surface area contributed by atoms with E-state index in [0.717, 1.165) is 18.5 Å². The van der Waals surface area contributed by atoms with Crippen molar-refractivity contribution in [3.8, 4) is 0 Å². The third kappa shape index (κ3) is 5.40. The second-order valence-electron chi connectivity index (χ2n) is 6.52. The molecule has 0 saturated carbocycles.